The molecular formula is C24H19F4N7. The molecule has 2 N–H and O–H groups in total. The van der Waals surface area contributed by atoms with E-state index in [2.05, 4.69) is 35.8 Å². The van der Waals surface area contributed by atoms with Crippen LogP contribution < -0.4 is 10.7 Å². The Morgan fingerprint density at radius 3 is 2.57 bits per heavy atom. The van der Waals surface area contributed by atoms with E-state index < -0.39 is 17.6 Å². The maximum atomic E-state index is 14.3. The standard InChI is InChI=1S/C24H19F4N7/c1-2-17-10-15(8-9-29-17)22-21(25)14-31-23(34-22)35-32-13-19-6-7-20(12-30-19)33-18-5-3-4-16(11-18)24(26,27)28/h3-14,33H,2H2,1H3,(H,31,34,35)/b32-13+. The van der Waals surface area contributed by atoms with Crippen LogP contribution in [0.2, 0.25) is 0 Å². The number of alkyl halides is 3. The van der Waals surface area contributed by atoms with Crippen molar-refractivity contribution in [2.45, 2.75) is 19.5 Å². The molecule has 0 atom stereocenters. The van der Waals surface area contributed by atoms with Crippen molar-refractivity contribution in [2.75, 3.05) is 10.7 Å². The summed E-state index contributed by atoms with van der Waals surface area (Å²) in [4.78, 5) is 16.5. The van der Waals surface area contributed by atoms with Crippen LogP contribution in [0.25, 0.3) is 11.3 Å². The Bertz CT molecular complexity index is 1340. The van der Waals surface area contributed by atoms with Crippen LogP contribution in [0.5, 0.6) is 0 Å². The van der Waals surface area contributed by atoms with Gasteiger partial charge >= 0.3 is 6.18 Å². The van der Waals surface area contributed by atoms with Crippen molar-refractivity contribution in [3.63, 3.8) is 0 Å². The lowest BCUT2D eigenvalue weighted by atomic mass is 10.1. The van der Waals surface area contributed by atoms with Gasteiger partial charge in [0.15, 0.2) is 5.82 Å². The number of pyridine rings is 2. The Kier molecular flexibility index (Phi) is 6.95. The molecule has 0 radical (unpaired) electrons. The SMILES string of the molecule is CCc1cc(-c2nc(N/N=C/c3ccc(Nc4cccc(C(F)(F)F)c4)cn3)ncc2F)ccn1. The number of aryl methyl sites for hydroxylation is 1. The summed E-state index contributed by atoms with van der Waals surface area (Å²) in [6.45, 7) is 1.95. The van der Waals surface area contributed by atoms with Crippen LogP contribution in [0.4, 0.5) is 34.9 Å². The summed E-state index contributed by atoms with van der Waals surface area (Å²) < 4.78 is 52.9. The third kappa shape index (κ3) is 6.14. The number of anilines is 3. The Balaban J connectivity index is 1.41. The van der Waals surface area contributed by atoms with Gasteiger partial charge in [-0.3, -0.25) is 9.97 Å². The molecule has 3 heterocycles. The molecule has 0 unspecified atom stereocenters. The van der Waals surface area contributed by atoms with Gasteiger partial charge in [-0.05, 0) is 48.9 Å². The lowest BCUT2D eigenvalue weighted by molar-refractivity contribution is -0.137. The molecule has 0 saturated carbocycles. The van der Waals surface area contributed by atoms with Crippen LogP contribution in [0.3, 0.4) is 0 Å². The van der Waals surface area contributed by atoms with Gasteiger partial charge < -0.3 is 5.32 Å². The zero-order valence-electron chi connectivity index (χ0n) is 18.4. The molecule has 0 spiro atoms. The summed E-state index contributed by atoms with van der Waals surface area (Å²) in [5.74, 6) is -0.478. The van der Waals surface area contributed by atoms with Crippen molar-refractivity contribution < 1.29 is 17.6 Å². The maximum absolute atomic E-state index is 14.3. The Morgan fingerprint density at radius 2 is 1.83 bits per heavy atom. The van der Waals surface area contributed by atoms with E-state index in [1.54, 1.807) is 30.5 Å². The van der Waals surface area contributed by atoms with Gasteiger partial charge in [0.2, 0.25) is 5.95 Å². The molecule has 7 nitrogen and oxygen atoms in total. The van der Waals surface area contributed by atoms with E-state index >= 15 is 0 Å². The fourth-order valence-electron chi connectivity index (χ4n) is 3.09. The zero-order chi connectivity index (χ0) is 24.8. The second-order valence-electron chi connectivity index (χ2n) is 7.32. The first-order chi connectivity index (χ1) is 16.8. The molecule has 11 heteroatoms. The first-order valence-electron chi connectivity index (χ1n) is 10.5. The zero-order valence-corrected chi connectivity index (χ0v) is 18.4. The average molecular weight is 481 g/mol. The lowest BCUT2D eigenvalue weighted by Gasteiger charge is -2.10. The van der Waals surface area contributed by atoms with E-state index in [0.29, 0.717) is 23.4 Å². The molecule has 0 bridgehead atoms. The molecule has 178 valence electrons. The minimum atomic E-state index is -4.42. The third-order valence-electron chi connectivity index (χ3n) is 4.82. The van der Waals surface area contributed by atoms with Crippen LogP contribution in [0.1, 0.15) is 23.9 Å². The molecular weight excluding hydrogens is 462 g/mol. The van der Waals surface area contributed by atoms with Crippen LogP contribution in [-0.2, 0) is 12.6 Å². The topological polar surface area (TPSA) is 88.0 Å². The smallest absolute Gasteiger partial charge is 0.354 e. The summed E-state index contributed by atoms with van der Waals surface area (Å²) in [7, 11) is 0. The number of hydrazone groups is 1. The van der Waals surface area contributed by atoms with E-state index in [1.165, 1.54) is 24.5 Å². The summed E-state index contributed by atoms with van der Waals surface area (Å²) in [5.41, 5.74) is 4.66. The molecule has 0 amide bonds. The summed E-state index contributed by atoms with van der Waals surface area (Å²) in [5, 5.41) is 6.90. The monoisotopic (exact) mass is 481 g/mol. The highest BCUT2D eigenvalue weighted by Gasteiger charge is 2.30. The summed E-state index contributed by atoms with van der Waals surface area (Å²) in [6, 6.07) is 11.6. The lowest BCUT2D eigenvalue weighted by Crippen LogP contribution is -2.05. The largest absolute Gasteiger partial charge is 0.416 e. The molecule has 4 rings (SSSR count). The minimum absolute atomic E-state index is 0.0929. The normalized spacial score (nSPS) is 11.6. The predicted molar refractivity (Wildman–Crippen MR) is 125 cm³/mol. The third-order valence-corrected chi connectivity index (χ3v) is 4.82. The second kappa shape index (κ2) is 10.2. The van der Waals surface area contributed by atoms with Crippen molar-refractivity contribution in [1.82, 2.24) is 19.9 Å². The molecule has 4 aromatic rings. The number of benzene rings is 1. The van der Waals surface area contributed by atoms with Crippen LogP contribution in [0.15, 0.2) is 72.2 Å². The molecule has 1 aromatic carbocycles. The van der Waals surface area contributed by atoms with E-state index in [0.717, 1.165) is 24.0 Å². The number of halogens is 4. The van der Waals surface area contributed by atoms with Crippen LogP contribution >= 0.6 is 0 Å². The summed E-state index contributed by atoms with van der Waals surface area (Å²) in [6.07, 6.45) is 1.80. The second-order valence-corrected chi connectivity index (χ2v) is 7.32. The van der Waals surface area contributed by atoms with Crippen molar-refractivity contribution in [2.24, 2.45) is 5.10 Å². The van der Waals surface area contributed by atoms with Crippen molar-refractivity contribution >= 4 is 23.5 Å². The van der Waals surface area contributed by atoms with E-state index in [1.807, 2.05) is 6.92 Å². The number of hydrogen-bond donors (Lipinski definition) is 2. The fraction of sp³-hybridized carbons (Fsp3) is 0.125. The highest BCUT2D eigenvalue weighted by Crippen LogP contribution is 2.31. The molecule has 0 aliphatic heterocycles. The first kappa shape index (κ1) is 23.7. The van der Waals surface area contributed by atoms with Crippen LogP contribution in [0, 0.1) is 5.82 Å². The minimum Gasteiger partial charge on any atom is -0.354 e. The van der Waals surface area contributed by atoms with Gasteiger partial charge in [0.25, 0.3) is 0 Å². The van der Waals surface area contributed by atoms with Crippen molar-refractivity contribution in [1.29, 1.82) is 0 Å². The highest BCUT2D eigenvalue weighted by atomic mass is 19.4. The van der Waals surface area contributed by atoms with Gasteiger partial charge in [0, 0.05) is 23.1 Å². The molecule has 35 heavy (non-hydrogen) atoms. The Hall–Kier alpha value is -4.41. The van der Waals surface area contributed by atoms with Crippen molar-refractivity contribution in [3.8, 4) is 11.3 Å². The van der Waals surface area contributed by atoms with Gasteiger partial charge in [-0.2, -0.15) is 18.3 Å². The highest BCUT2D eigenvalue weighted by molar-refractivity contribution is 5.78. The average Bonchev–Trinajstić information content (AvgIpc) is 2.86. The first-order valence-corrected chi connectivity index (χ1v) is 10.5. The van der Waals surface area contributed by atoms with Gasteiger partial charge in [0.1, 0.15) is 5.69 Å². The predicted octanol–water partition coefficient (Wildman–Crippen LogP) is 5.84. The molecule has 0 saturated heterocycles. The van der Waals surface area contributed by atoms with Gasteiger partial charge in [-0.15, -0.1) is 0 Å². The summed E-state index contributed by atoms with van der Waals surface area (Å²) >= 11 is 0. The number of nitrogens with zero attached hydrogens (tertiary/aromatic N) is 5. The molecule has 0 fully saturated rings. The number of nitrogens with one attached hydrogen (secondary N) is 2. The quantitative estimate of drug-likeness (QED) is 0.196. The Labute approximate surface area is 198 Å². The van der Waals surface area contributed by atoms with Gasteiger partial charge in [-0.1, -0.05) is 13.0 Å². The number of rotatable bonds is 7. The van der Waals surface area contributed by atoms with Gasteiger partial charge in [0.05, 0.1) is 35.6 Å². The number of hydrogen-bond acceptors (Lipinski definition) is 7. The molecule has 0 aliphatic rings. The Morgan fingerprint density at radius 1 is 0.971 bits per heavy atom. The molecule has 3 aromatic heterocycles. The molecule has 0 aliphatic carbocycles. The van der Waals surface area contributed by atoms with E-state index in [4.69, 9.17) is 0 Å². The van der Waals surface area contributed by atoms with Crippen LogP contribution in [-0.4, -0.2) is 26.2 Å². The fourth-order valence-corrected chi connectivity index (χ4v) is 3.09. The van der Waals surface area contributed by atoms with E-state index in [9.17, 15) is 17.6 Å². The van der Waals surface area contributed by atoms with Crippen molar-refractivity contribution in [3.05, 3.63) is 89.9 Å². The maximum Gasteiger partial charge on any atom is 0.416 e. The van der Waals surface area contributed by atoms with E-state index in [-0.39, 0.29) is 17.3 Å². The number of aromatic nitrogens is 4. The van der Waals surface area contributed by atoms with Gasteiger partial charge in [-0.25, -0.2) is 19.8 Å².